The third kappa shape index (κ3) is 2.20. The number of aromatic amines is 1. The van der Waals surface area contributed by atoms with Crippen molar-refractivity contribution in [3.63, 3.8) is 0 Å². The van der Waals surface area contributed by atoms with Crippen LogP contribution in [0.2, 0.25) is 0 Å². The maximum atomic E-state index is 4.51. The Labute approximate surface area is 118 Å². The predicted octanol–water partition coefficient (Wildman–Crippen LogP) is 4.88. The zero-order valence-corrected chi connectivity index (χ0v) is 13.5. The summed E-state index contributed by atoms with van der Waals surface area (Å²) in [7, 11) is 0. The van der Waals surface area contributed by atoms with Gasteiger partial charge in [-0.05, 0) is 87.9 Å². The third-order valence-corrected chi connectivity index (χ3v) is 4.86. The minimum absolute atomic E-state index is 0.932. The predicted molar refractivity (Wildman–Crippen MR) is 80.7 cm³/mol. The molecule has 4 heteroatoms. The highest BCUT2D eigenvalue weighted by Crippen LogP contribution is 2.30. The van der Waals surface area contributed by atoms with Gasteiger partial charge in [0.1, 0.15) is 4.62 Å². The van der Waals surface area contributed by atoms with E-state index in [0.717, 1.165) is 20.6 Å². The maximum absolute atomic E-state index is 4.51. The summed E-state index contributed by atoms with van der Waals surface area (Å²) in [6, 6.07) is 0. The van der Waals surface area contributed by atoms with Gasteiger partial charge < -0.3 is 4.98 Å². The minimum Gasteiger partial charge on any atom is -0.349 e. The fourth-order valence-electron chi connectivity index (χ4n) is 1.71. The van der Waals surface area contributed by atoms with E-state index in [4.69, 9.17) is 0 Å². The second-order valence-electron chi connectivity index (χ2n) is 4.28. The van der Waals surface area contributed by atoms with E-state index >= 15 is 0 Å². The summed E-state index contributed by atoms with van der Waals surface area (Å²) in [5, 5.41) is 0. The molecular formula is C13H14Br2N2. The largest absolute Gasteiger partial charge is 0.349 e. The van der Waals surface area contributed by atoms with Crippen LogP contribution in [0.3, 0.4) is 0 Å². The van der Waals surface area contributed by atoms with Gasteiger partial charge in [-0.2, -0.15) is 0 Å². The van der Waals surface area contributed by atoms with Crippen molar-refractivity contribution in [1.29, 1.82) is 0 Å². The van der Waals surface area contributed by atoms with Crippen molar-refractivity contribution in [2.45, 2.75) is 27.7 Å². The highest BCUT2D eigenvalue weighted by atomic mass is 79.9. The molecule has 0 saturated carbocycles. The van der Waals surface area contributed by atoms with Crippen LogP contribution in [0.5, 0.6) is 0 Å². The van der Waals surface area contributed by atoms with Crippen LogP contribution in [0, 0.1) is 13.8 Å². The Bertz CT molecular complexity index is 574. The molecule has 2 heterocycles. The first-order valence-electron chi connectivity index (χ1n) is 5.40. The van der Waals surface area contributed by atoms with Crippen molar-refractivity contribution >= 4 is 42.6 Å². The summed E-state index contributed by atoms with van der Waals surface area (Å²) >= 11 is 6.98. The summed E-state index contributed by atoms with van der Waals surface area (Å²) in [5.74, 6) is 0. The molecule has 0 fully saturated rings. The van der Waals surface area contributed by atoms with Gasteiger partial charge in [0.2, 0.25) is 0 Å². The average molecular weight is 358 g/mol. The summed E-state index contributed by atoms with van der Waals surface area (Å²) in [5.41, 5.74) is 7.06. The number of rotatable bonds is 1. The number of allylic oxidation sites excluding steroid dienone is 2. The molecule has 0 spiro atoms. The van der Waals surface area contributed by atoms with E-state index in [1.54, 1.807) is 0 Å². The lowest BCUT2D eigenvalue weighted by Gasteiger charge is -1.98. The molecule has 1 aliphatic rings. The standard InChI is InChI=1S/C13H14Br2N2/c1-6-8(3)12(14)16-10(6)5-11-7(2)9(4)13(15)17-11/h5,16H,1-4H3. The van der Waals surface area contributed by atoms with Crippen molar-refractivity contribution in [2.24, 2.45) is 4.99 Å². The number of hydrogen-bond acceptors (Lipinski definition) is 1. The molecule has 1 N–H and O–H groups in total. The molecule has 0 aliphatic carbocycles. The molecule has 0 radical (unpaired) electrons. The normalized spacial score (nSPS) is 18.2. The molecule has 2 rings (SSSR count). The highest BCUT2D eigenvalue weighted by molar-refractivity contribution is 9.18. The Morgan fingerprint density at radius 1 is 1.00 bits per heavy atom. The summed E-state index contributed by atoms with van der Waals surface area (Å²) in [6.07, 6.45) is 2.10. The van der Waals surface area contributed by atoms with E-state index < -0.39 is 0 Å². The molecule has 0 aromatic carbocycles. The Kier molecular flexibility index (Phi) is 3.46. The van der Waals surface area contributed by atoms with Crippen LogP contribution in [0.1, 0.15) is 30.7 Å². The lowest BCUT2D eigenvalue weighted by Crippen LogP contribution is -1.83. The van der Waals surface area contributed by atoms with Gasteiger partial charge in [-0.25, -0.2) is 4.99 Å². The Balaban J connectivity index is 2.49. The first-order valence-corrected chi connectivity index (χ1v) is 6.99. The lowest BCUT2D eigenvalue weighted by molar-refractivity contribution is 1.27. The second-order valence-corrected chi connectivity index (χ2v) is 5.83. The van der Waals surface area contributed by atoms with Crippen molar-refractivity contribution in [1.82, 2.24) is 4.98 Å². The molecule has 17 heavy (non-hydrogen) atoms. The third-order valence-electron chi connectivity index (χ3n) is 3.30. The fraction of sp³-hybridized carbons (Fsp3) is 0.308. The van der Waals surface area contributed by atoms with E-state index in [-0.39, 0.29) is 0 Å². The number of hydrogen-bond donors (Lipinski definition) is 1. The molecule has 1 aliphatic heterocycles. The van der Waals surface area contributed by atoms with E-state index in [1.165, 1.54) is 22.3 Å². The zero-order chi connectivity index (χ0) is 12.7. The first-order chi connectivity index (χ1) is 7.91. The van der Waals surface area contributed by atoms with Crippen molar-refractivity contribution < 1.29 is 0 Å². The SMILES string of the molecule is CC1=C(C)C(Br)=NC1=Cc1[nH]c(Br)c(C)c1C. The Morgan fingerprint density at radius 3 is 2.06 bits per heavy atom. The van der Waals surface area contributed by atoms with E-state index in [2.05, 4.69) is 75.6 Å². The topological polar surface area (TPSA) is 28.1 Å². The number of nitrogens with one attached hydrogen (secondary N) is 1. The van der Waals surface area contributed by atoms with Gasteiger partial charge in [0.15, 0.2) is 0 Å². The van der Waals surface area contributed by atoms with E-state index in [1.807, 2.05) is 0 Å². The molecule has 90 valence electrons. The average Bonchev–Trinajstić information content (AvgIpc) is 2.66. The number of aliphatic imine (C=N–C) groups is 1. The number of nitrogens with zero attached hydrogens (tertiary/aromatic N) is 1. The van der Waals surface area contributed by atoms with Crippen LogP contribution in [-0.2, 0) is 0 Å². The summed E-state index contributed by atoms with van der Waals surface area (Å²) in [4.78, 5) is 7.83. The Hall–Kier alpha value is -0.610. The molecular weight excluding hydrogens is 344 g/mol. The van der Waals surface area contributed by atoms with Crippen LogP contribution in [-0.4, -0.2) is 9.60 Å². The molecule has 0 saturated heterocycles. The molecule has 0 amide bonds. The monoisotopic (exact) mass is 356 g/mol. The molecule has 0 unspecified atom stereocenters. The van der Waals surface area contributed by atoms with Gasteiger partial charge in [-0.15, -0.1) is 0 Å². The van der Waals surface area contributed by atoms with Crippen LogP contribution in [0.15, 0.2) is 26.4 Å². The fourth-order valence-corrected chi connectivity index (χ4v) is 2.71. The van der Waals surface area contributed by atoms with Gasteiger partial charge in [-0.1, -0.05) is 0 Å². The number of halogens is 2. The van der Waals surface area contributed by atoms with E-state index in [0.29, 0.717) is 0 Å². The molecule has 1 aromatic heterocycles. The van der Waals surface area contributed by atoms with Crippen molar-refractivity contribution in [3.05, 3.63) is 38.3 Å². The maximum Gasteiger partial charge on any atom is 0.110 e. The molecule has 0 bridgehead atoms. The summed E-state index contributed by atoms with van der Waals surface area (Å²) in [6.45, 7) is 8.38. The van der Waals surface area contributed by atoms with E-state index in [9.17, 15) is 0 Å². The highest BCUT2D eigenvalue weighted by Gasteiger charge is 2.16. The van der Waals surface area contributed by atoms with Crippen molar-refractivity contribution in [2.75, 3.05) is 0 Å². The zero-order valence-electron chi connectivity index (χ0n) is 10.3. The van der Waals surface area contributed by atoms with Crippen LogP contribution in [0.4, 0.5) is 0 Å². The van der Waals surface area contributed by atoms with Gasteiger partial charge >= 0.3 is 0 Å². The summed E-state index contributed by atoms with van der Waals surface area (Å²) < 4.78 is 1.97. The van der Waals surface area contributed by atoms with Gasteiger partial charge in [0, 0.05) is 5.69 Å². The van der Waals surface area contributed by atoms with Crippen LogP contribution < -0.4 is 0 Å². The quantitative estimate of drug-likeness (QED) is 0.742. The first kappa shape index (κ1) is 12.8. The second kappa shape index (κ2) is 4.58. The molecule has 0 atom stereocenters. The minimum atomic E-state index is 0.932. The molecule has 1 aromatic rings. The number of H-pyrrole nitrogens is 1. The smallest absolute Gasteiger partial charge is 0.110 e. The van der Waals surface area contributed by atoms with Gasteiger partial charge in [0.05, 0.1) is 10.3 Å². The van der Waals surface area contributed by atoms with Gasteiger partial charge in [-0.3, -0.25) is 0 Å². The van der Waals surface area contributed by atoms with Crippen LogP contribution >= 0.6 is 31.9 Å². The number of aromatic nitrogens is 1. The Morgan fingerprint density at radius 2 is 1.65 bits per heavy atom. The van der Waals surface area contributed by atoms with Gasteiger partial charge in [0.25, 0.3) is 0 Å². The lowest BCUT2D eigenvalue weighted by atomic mass is 10.1. The van der Waals surface area contributed by atoms with Crippen molar-refractivity contribution in [3.8, 4) is 0 Å². The van der Waals surface area contributed by atoms with Crippen LogP contribution in [0.25, 0.3) is 6.08 Å². The molecule has 2 nitrogen and oxygen atoms in total.